The molecule has 2 aromatic rings. The van der Waals surface area contributed by atoms with Gasteiger partial charge >= 0.3 is 12.1 Å². The fourth-order valence-corrected chi connectivity index (χ4v) is 5.92. The molecular formula is C27H30N2O5. The molecule has 178 valence electrons. The Morgan fingerprint density at radius 2 is 1.65 bits per heavy atom. The Morgan fingerprint density at radius 1 is 0.971 bits per heavy atom. The monoisotopic (exact) mass is 462 g/mol. The number of benzene rings is 2. The molecule has 5 rings (SSSR count). The number of hydrogen-bond donors (Lipinski definition) is 2. The number of carboxylic acid groups (broad SMARTS) is 1. The largest absolute Gasteiger partial charge is 0.481 e. The summed E-state index contributed by atoms with van der Waals surface area (Å²) in [6, 6.07) is 16.1. The average Bonchev–Trinajstić information content (AvgIpc) is 3.55. The molecule has 1 aliphatic heterocycles. The molecular weight excluding hydrogens is 432 g/mol. The van der Waals surface area contributed by atoms with Gasteiger partial charge in [0.2, 0.25) is 5.91 Å². The molecule has 1 saturated carbocycles. The van der Waals surface area contributed by atoms with Crippen molar-refractivity contribution in [3.8, 4) is 11.1 Å². The summed E-state index contributed by atoms with van der Waals surface area (Å²) >= 11 is 0. The number of carbonyl (C=O) groups excluding carboxylic acids is 2. The van der Waals surface area contributed by atoms with Crippen molar-refractivity contribution in [3.05, 3.63) is 59.7 Å². The highest BCUT2D eigenvalue weighted by atomic mass is 16.5. The van der Waals surface area contributed by atoms with Crippen molar-refractivity contribution in [1.82, 2.24) is 10.2 Å². The SMILES string of the molecule is O=C(O)C[C@H]1CCCN1C(=O)[C@@H]1CC[C@H](NC(=O)OCC2c3ccccc3-c3ccccc32)C1. The lowest BCUT2D eigenvalue weighted by Gasteiger charge is -2.26. The van der Waals surface area contributed by atoms with Crippen molar-refractivity contribution >= 4 is 18.0 Å². The zero-order chi connectivity index (χ0) is 23.7. The molecule has 0 bridgehead atoms. The second kappa shape index (κ2) is 9.49. The van der Waals surface area contributed by atoms with Crippen molar-refractivity contribution in [2.45, 2.75) is 56.5 Å². The minimum Gasteiger partial charge on any atom is -0.481 e. The van der Waals surface area contributed by atoms with Crippen LogP contribution in [-0.2, 0) is 14.3 Å². The second-order valence-corrected chi connectivity index (χ2v) is 9.60. The Hall–Kier alpha value is -3.35. The van der Waals surface area contributed by atoms with Crippen LogP contribution >= 0.6 is 0 Å². The number of alkyl carbamates (subject to hydrolysis) is 1. The van der Waals surface area contributed by atoms with Gasteiger partial charge in [-0.25, -0.2) is 4.79 Å². The van der Waals surface area contributed by atoms with Crippen LogP contribution in [0.3, 0.4) is 0 Å². The van der Waals surface area contributed by atoms with Gasteiger partial charge < -0.3 is 20.1 Å². The topological polar surface area (TPSA) is 95.9 Å². The predicted octanol–water partition coefficient (Wildman–Crippen LogP) is 4.16. The van der Waals surface area contributed by atoms with Crippen molar-refractivity contribution < 1.29 is 24.2 Å². The van der Waals surface area contributed by atoms with Crippen LogP contribution in [0, 0.1) is 5.92 Å². The molecule has 3 aliphatic rings. The van der Waals surface area contributed by atoms with Gasteiger partial charge in [0.05, 0.1) is 6.42 Å². The Labute approximate surface area is 199 Å². The Kier molecular flexibility index (Phi) is 6.26. The number of likely N-dealkylation sites (tertiary alicyclic amines) is 1. The van der Waals surface area contributed by atoms with Crippen molar-refractivity contribution in [3.63, 3.8) is 0 Å². The lowest BCUT2D eigenvalue weighted by molar-refractivity contribution is -0.141. The van der Waals surface area contributed by atoms with Crippen LogP contribution in [0.15, 0.2) is 48.5 Å². The van der Waals surface area contributed by atoms with E-state index >= 15 is 0 Å². The van der Waals surface area contributed by atoms with E-state index in [9.17, 15) is 14.4 Å². The number of aliphatic carboxylic acids is 1. The third kappa shape index (κ3) is 4.39. The summed E-state index contributed by atoms with van der Waals surface area (Å²) in [6.07, 6.45) is 3.12. The summed E-state index contributed by atoms with van der Waals surface area (Å²) in [4.78, 5) is 38.4. The Bertz CT molecular complexity index is 1050. The molecule has 1 saturated heterocycles. The van der Waals surface area contributed by atoms with Crippen LogP contribution in [0.5, 0.6) is 0 Å². The Balaban J connectivity index is 1.15. The number of hydrogen-bond acceptors (Lipinski definition) is 4. The summed E-state index contributed by atoms with van der Waals surface area (Å²) < 4.78 is 5.65. The molecule has 7 nitrogen and oxygen atoms in total. The van der Waals surface area contributed by atoms with E-state index in [2.05, 4.69) is 29.6 Å². The molecule has 2 fully saturated rings. The first-order chi connectivity index (χ1) is 16.5. The van der Waals surface area contributed by atoms with Gasteiger partial charge in [-0.15, -0.1) is 0 Å². The lowest BCUT2D eigenvalue weighted by atomic mass is 9.98. The van der Waals surface area contributed by atoms with E-state index in [0.717, 1.165) is 19.3 Å². The Morgan fingerprint density at radius 3 is 2.32 bits per heavy atom. The molecule has 3 atom stereocenters. The predicted molar refractivity (Wildman–Crippen MR) is 126 cm³/mol. The first kappa shape index (κ1) is 22.4. The second-order valence-electron chi connectivity index (χ2n) is 9.60. The van der Waals surface area contributed by atoms with E-state index in [-0.39, 0.29) is 42.9 Å². The fourth-order valence-electron chi connectivity index (χ4n) is 5.92. The average molecular weight is 463 g/mol. The zero-order valence-electron chi connectivity index (χ0n) is 19.1. The number of ether oxygens (including phenoxy) is 1. The molecule has 2 aromatic carbocycles. The van der Waals surface area contributed by atoms with Crippen molar-refractivity contribution in [1.29, 1.82) is 0 Å². The number of carboxylic acids is 1. The smallest absolute Gasteiger partial charge is 0.407 e. The summed E-state index contributed by atoms with van der Waals surface area (Å²) in [5.41, 5.74) is 4.72. The normalized spacial score (nSPS) is 23.4. The standard InChI is InChI=1S/C27H30N2O5/c30-25(31)15-19-6-5-13-29(19)26(32)17-11-12-18(14-17)28-27(33)34-16-24-22-9-3-1-7-20(22)21-8-2-4-10-23(21)24/h1-4,7-10,17-19,24H,5-6,11-16H2,(H,28,33)(H,30,31)/t17-,18+,19-/m1/s1. The number of fused-ring (bicyclic) bond motifs is 3. The first-order valence-electron chi connectivity index (χ1n) is 12.1. The van der Waals surface area contributed by atoms with Gasteiger partial charge in [0.25, 0.3) is 0 Å². The molecule has 0 spiro atoms. The van der Waals surface area contributed by atoms with Crippen molar-refractivity contribution in [2.75, 3.05) is 13.2 Å². The van der Waals surface area contributed by atoms with Gasteiger partial charge in [0.15, 0.2) is 0 Å². The lowest BCUT2D eigenvalue weighted by Crippen LogP contribution is -2.41. The van der Waals surface area contributed by atoms with Crippen LogP contribution in [0.25, 0.3) is 11.1 Å². The molecule has 34 heavy (non-hydrogen) atoms. The highest BCUT2D eigenvalue weighted by Crippen LogP contribution is 2.44. The van der Waals surface area contributed by atoms with Crippen LogP contribution in [0.4, 0.5) is 4.79 Å². The van der Waals surface area contributed by atoms with E-state index in [1.807, 2.05) is 24.3 Å². The summed E-state index contributed by atoms with van der Waals surface area (Å²) in [5, 5.41) is 12.1. The number of nitrogens with one attached hydrogen (secondary N) is 1. The van der Waals surface area contributed by atoms with Crippen LogP contribution < -0.4 is 5.32 Å². The number of carbonyl (C=O) groups is 3. The summed E-state index contributed by atoms with van der Waals surface area (Å²) in [6.45, 7) is 0.886. The maximum Gasteiger partial charge on any atom is 0.407 e. The van der Waals surface area contributed by atoms with Gasteiger partial charge in [0.1, 0.15) is 6.61 Å². The molecule has 2 amide bonds. The molecule has 0 unspecified atom stereocenters. The van der Waals surface area contributed by atoms with Crippen LogP contribution in [0.1, 0.15) is 55.6 Å². The van der Waals surface area contributed by atoms with E-state index in [1.54, 1.807) is 4.90 Å². The van der Waals surface area contributed by atoms with Gasteiger partial charge in [0, 0.05) is 30.5 Å². The summed E-state index contributed by atoms with van der Waals surface area (Å²) in [5.74, 6) is -1.00. The quantitative estimate of drug-likeness (QED) is 0.672. The molecule has 7 heteroatoms. The summed E-state index contributed by atoms with van der Waals surface area (Å²) in [7, 11) is 0. The fraction of sp³-hybridized carbons (Fsp3) is 0.444. The van der Waals surface area contributed by atoms with E-state index in [0.29, 0.717) is 19.4 Å². The van der Waals surface area contributed by atoms with Gasteiger partial charge in [-0.3, -0.25) is 9.59 Å². The number of amides is 2. The van der Waals surface area contributed by atoms with Gasteiger partial charge in [-0.2, -0.15) is 0 Å². The van der Waals surface area contributed by atoms with Crippen LogP contribution in [-0.4, -0.2) is 53.2 Å². The van der Waals surface area contributed by atoms with E-state index < -0.39 is 12.1 Å². The zero-order valence-corrected chi connectivity index (χ0v) is 19.1. The number of nitrogens with zero attached hydrogens (tertiary/aromatic N) is 1. The van der Waals surface area contributed by atoms with Gasteiger partial charge in [-0.05, 0) is 54.4 Å². The molecule has 0 radical (unpaired) electrons. The molecule has 2 aliphatic carbocycles. The highest BCUT2D eigenvalue weighted by Gasteiger charge is 2.38. The van der Waals surface area contributed by atoms with Gasteiger partial charge in [-0.1, -0.05) is 48.5 Å². The minimum atomic E-state index is -0.870. The van der Waals surface area contributed by atoms with E-state index in [1.165, 1.54) is 22.3 Å². The van der Waals surface area contributed by atoms with Crippen LogP contribution in [0.2, 0.25) is 0 Å². The molecule has 2 N–H and O–H groups in total. The maximum atomic E-state index is 13.0. The third-order valence-electron chi connectivity index (χ3n) is 7.52. The minimum absolute atomic E-state index is 0.000111. The molecule has 0 aromatic heterocycles. The third-order valence-corrected chi connectivity index (χ3v) is 7.52. The molecule has 1 heterocycles. The van der Waals surface area contributed by atoms with E-state index in [4.69, 9.17) is 9.84 Å². The maximum absolute atomic E-state index is 13.0. The highest BCUT2D eigenvalue weighted by molar-refractivity contribution is 5.81. The van der Waals surface area contributed by atoms with Crippen molar-refractivity contribution in [2.24, 2.45) is 5.92 Å². The number of rotatable bonds is 6. The first-order valence-corrected chi connectivity index (χ1v) is 12.1.